The standard InChI is InChI=1S/C9H18O/c1-7(2)9-4-3-8(5-9)6-10/h7-10H,3-6H2,1-2H3/t8-,9-/m0/s1. The van der Waals surface area contributed by atoms with E-state index in [1.165, 1.54) is 19.3 Å². The van der Waals surface area contributed by atoms with Crippen LogP contribution in [0.3, 0.4) is 0 Å². The minimum absolute atomic E-state index is 0.406. The molecule has 0 amide bonds. The Bertz CT molecular complexity index is 98.9. The summed E-state index contributed by atoms with van der Waals surface area (Å²) < 4.78 is 0. The third-order valence-corrected chi connectivity index (χ3v) is 2.78. The molecule has 1 rings (SSSR count). The second-order valence-corrected chi connectivity index (χ2v) is 3.87. The predicted molar refractivity (Wildman–Crippen MR) is 42.8 cm³/mol. The number of aliphatic hydroxyl groups excluding tert-OH is 1. The number of rotatable bonds is 2. The van der Waals surface area contributed by atoms with Crippen molar-refractivity contribution in [2.24, 2.45) is 17.8 Å². The Kier molecular flexibility index (Phi) is 2.72. The third-order valence-electron chi connectivity index (χ3n) is 2.78. The zero-order valence-corrected chi connectivity index (χ0v) is 7.01. The molecule has 60 valence electrons. The van der Waals surface area contributed by atoms with Crippen LogP contribution in [-0.4, -0.2) is 11.7 Å². The molecule has 2 atom stereocenters. The first-order valence-electron chi connectivity index (χ1n) is 4.35. The molecule has 1 N–H and O–H groups in total. The topological polar surface area (TPSA) is 20.2 Å². The normalized spacial score (nSPS) is 33.6. The van der Waals surface area contributed by atoms with Gasteiger partial charge in [-0.2, -0.15) is 0 Å². The monoisotopic (exact) mass is 142 g/mol. The van der Waals surface area contributed by atoms with Crippen LogP contribution in [-0.2, 0) is 0 Å². The Labute approximate surface area is 63.4 Å². The van der Waals surface area contributed by atoms with E-state index >= 15 is 0 Å². The van der Waals surface area contributed by atoms with Gasteiger partial charge in [0.25, 0.3) is 0 Å². The summed E-state index contributed by atoms with van der Waals surface area (Å²) in [5, 5.41) is 8.87. The third kappa shape index (κ3) is 1.72. The SMILES string of the molecule is CC(C)[C@H]1CC[C@H](CO)C1. The number of hydrogen-bond donors (Lipinski definition) is 1. The van der Waals surface area contributed by atoms with Crippen molar-refractivity contribution in [3.8, 4) is 0 Å². The van der Waals surface area contributed by atoms with Gasteiger partial charge in [-0.3, -0.25) is 0 Å². The minimum Gasteiger partial charge on any atom is -0.396 e. The van der Waals surface area contributed by atoms with E-state index in [9.17, 15) is 0 Å². The summed E-state index contributed by atoms with van der Waals surface area (Å²) in [5.74, 6) is 2.32. The molecule has 0 bridgehead atoms. The van der Waals surface area contributed by atoms with Gasteiger partial charge in [-0.25, -0.2) is 0 Å². The minimum atomic E-state index is 0.406. The molecule has 1 aliphatic rings. The lowest BCUT2D eigenvalue weighted by Crippen LogP contribution is -2.05. The predicted octanol–water partition coefficient (Wildman–Crippen LogP) is 2.05. The van der Waals surface area contributed by atoms with Gasteiger partial charge < -0.3 is 5.11 Å². The Balaban J connectivity index is 2.28. The highest BCUT2D eigenvalue weighted by Crippen LogP contribution is 2.34. The van der Waals surface area contributed by atoms with E-state index in [4.69, 9.17) is 5.11 Å². The van der Waals surface area contributed by atoms with Crippen LogP contribution in [0, 0.1) is 17.8 Å². The van der Waals surface area contributed by atoms with E-state index in [-0.39, 0.29) is 0 Å². The molecule has 1 heteroatoms. The van der Waals surface area contributed by atoms with Gasteiger partial charge in [0.15, 0.2) is 0 Å². The second kappa shape index (κ2) is 3.38. The quantitative estimate of drug-likeness (QED) is 0.625. The summed E-state index contributed by atoms with van der Waals surface area (Å²) in [7, 11) is 0. The Morgan fingerprint density at radius 3 is 2.40 bits per heavy atom. The van der Waals surface area contributed by atoms with Crippen molar-refractivity contribution < 1.29 is 5.11 Å². The molecule has 1 nitrogen and oxygen atoms in total. The van der Waals surface area contributed by atoms with E-state index < -0.39 is 0 Å². The van der Waals surface area contributed by atoms with Crippen molar-refractivity contribution >= 4 is 0 Å². The van der Waals surface area contributed by atoms with E-state index in [0.29, 0.717) is 12.5 Å². The van der Waals surface area contributed by atoms with Crippen molar-refractivity contribution in [2.45, 2.75) is 33.1 Å². The molecule has 1 fully saturated rings. The average molecular weight is 142 g/mol. The first-order chi connectivity index (χ1) is 4.74. The van der Waals surface area contributed by atoms with E-state index in [1.807, 2.05) is 0 Å². The molecule has 0 saturated heterocycles. The molecule has 1 saturated carbocycles. The van der Waals surface area contributed by atoms with Crippen LogP contribution in [0.25, 0.3) is 0 Å². The highest BCUT2D eigenvalue weighted by molar-refractivity contribution is 4.76. The molecule has 10 heavy (non-hydrogen) atoms. The lowest BCUT2D eigenvalue weighted by atomic mass is 9.93. The highest BCUT2D eigenvalue weighted by Gasteiger charge is 2.25. The van der Waals surface area contributed by atoms with Gasteiger partial charge in [0.1, 0.15) is 0 Å². The number of hydrogen-bond acceptors (Lipinski definition) is 1. The fourth-order valence-corrected chi connectivity index (χ4v) is 1.88. The zero-order valence-electron chi connectivity index (χ0n) is 7.01. The lowest BCUT2D eigenvalue weighted by molar-refractivity contribution is 0.222. The summed E-state index contributed by atoms with van der Waals surface area (Å²) in [6.45, 7) is 4.97. The van der Waals surface area contributed by atoms with Gasteiger partial charge in [-0.1, -0.05) is 13.8 Å². The summed E-state index contributed by atoms with van der Waals surface area (Å²) in [4.78, 5) is 0. The average Bonchev–Trinajstić information content (AvgIpc) is 2.34. The van der Waals surface area contributed by atoms with Crippen LogP contribution >= 0.6 is 0 Å². The zero-order chi connectivity index (χ0) is 7.56. The van der Waals surface area contributed by atoms with Gasteiger partial charge in [-0.05, 0) is 37.0 Å². The molecule has 0 spiro atoms. The fraction of sp³-hybridized carbons (Fsp3) is 1.00. The summed E-state index contributed by atoms with van der Waals surface area (Å²) in [5.41, 5.74) is 0. The Hall–Kier alpha value is -0.0400. The van der Waals surface area contributed by atoms with Gasteiger partial charge in [-0.15, -0.1) is 0 Å². The van der Waals surface area contributed by atoms with Crippen LogP contribution in [0.15, 0.2) is 0 Å². The van der Waals surface area contributed by atoms with E-state index in [2.05, 4.69) is 13.8 Å². The molecular weight excluding hydrogens is 124 g/mol. The summed E-state index contributed by atoms with van der Waals surface area (Å²) >= 11 is 0. The molecule has 0 aromatic heterocycles. The van der Waals surface area contributed by atoms with Crippen molar-refractivity contribution in [2.75, 3.05) is 6.61 Å². The van der Waals surface area contributed by atoms with Crippen LogP contribution in [0.4, 0.5) is 0 Å². The van der Waals surface area contributed by atoms with Gasteiger partial charge in [0, 0.05) is 6.61 Å². The maximum absolute atomic E-state index is 8.87. The maximum atomic E-state index is 8.87. The van der Waals surface area contributed by atoms with Crippen molar-refractivity contribution in [3.63, 3.8) is 0 Å². The molecule has 0 aromatic carbocycles. The van der Waals surface area contributed by atoms with Gasteiger partial charge in [0.2, 0.25) is 0 Å². The summed E-state index contributed by atoms with van der Waals surface area (Å²) in [6, 6.07) is 0. The Morgan fingerprint density at radius 1 is 1.40 bits per heavy atom. The second-order valence-electron chi connectivity index (χ2n) is 3.87. The van der Waals surface area contributed by atoms with E-state index in [0.717, 1.165) is 11.8 Å². The molecule has 0 aliphatic heterocycles. The van der Waals surface area contributed by atoms with Crippen LogP contribution in [0.5, 0.6) is 0 Å². The smallest absolute Gasteiger partial charge is 0.0459 e. The van der Waals surface area contributed by atoms with Crippen LogP contribution in [0.2, 0.25) is 0 Å². The molecule has 0 heterocycles. The Morgan fingerprint density at radius 2 is 2.10 bits per heavy atom. The van der Waals surface area contributed by atoms with Crippen LogP contribution < -0.4 is 0 Å². The number of aliphatic hydroxyl groups is 1. The highest BCUT2D eigenvalue weighted by atomic mass is 16.3. The molecule has 1 aliphatic carbocycles. The maximum Gasteiger partial charge on any atom is 0.0459 e. The first-order valence-corrected chi connectivity index (χ1v) is 4.35. The molecule has 0 unspecified atom stereocenters. The van der Waals surface area contributed by atoms with Crippen molar-refractivity contribution in [1.29, 1.82) is 0 Å². The lowest BCUT2D eigenvalue weighted by Gasteiger charge is -2.13. The van der Waals surface area contributed by atoms with E-state index in [1.54, 1.807) is 0 Å². The molecule has 0 aromatic rings. The molecular formula is C9H18O. The summed E-state index contributed by atoms with van der Waals surface area (Å²) in [6.07, 6.45) is 3.84. The van der Waals surface area contributed by atoms with Crippen molar-refractivity contribution in [1.82, 2.24) is 0 Å². The van der Waals surface area contributed by atoms with Gasteiger partial charge in [0.05, 0.1) is 0 Å². The largest absolute Gasteiger partial charge is 0.396 e. The van der Waals surface area contributed by atoms with Crippen LogP contribution in [0.1, 0.15) is 33.1 Å². The first kappa shape index (κ1) is 8.06. The van der Waals surface area contributed by atoms with Crippen molar-refractivity contribution in [3.05, 3.63) is 0 Å². The molecule has 0 radical (unpaired) electrons. The fourth-order valence-electron chi connectivity index (χ4n) is 1.88. The van der Waals surface area contributed by atoms with Gasteiger partial charge >= 0.3 is 0 Å².